The van der Waals surface area contributed by atoms with Crippen molar-refractivity contribution in [2.45, 2.75) is 0 Å². The fourth-order valence-electron chi connectivity index (χ4n) is 1.21. The van der Waals surface area contributed by atoms with Crippen LogP contribution in [0.4, 0.5) is 0 Å². The van der Waals surface area contributed by atoms with Gasteiger partial charge in [-0.2, -0.15) is 4.73 Å². The molecule has 0 bridgehead atoms. The number of pyridine rings is 1. The van der Waals surface area contributed by atoms with Crippen molar-refractivity contribution in [1.82, 2.24) is 0 Å². The number of halogens is 2. The third kappa shape index (κ3) is 1.62. The summed E-state index contributed by atoms with van der Waals surface area (Å²) in [4.78, 5) is 0. The van der Waals surface area contributed by atoms with E-state index >= 15 is 0 Å². The standard InChI is InChI=1S/C9H5BrClNO/c10-9-5-12(13)4-6-3-7(11)1-2-8(6)9/h1-5H. The van der Waals surface area contributed by atoms with Crippen LogP contribution in [0.3, 0.4) is 0 Å². The van der Waals surface area contributed by atoms with Gasteiger partial charge in [0.05, 0.1) is 4.47 Å². The van der Waals surface area contributed by atoms with Crippen LogP contribution in [0.15, 0.2) is 35.1 Å². The zero-order chi connectivity index (χ0) is 9.42. The first-order valence-electron chi connectivity index (χ1n) is 3.64. The summed E-state index contributed by atoms with van der Waals surface area (Å²) in [5.74, 6) is 0. The van der Waals surface area contributed by atoms with Crippen LogP contribution >= 0.6 is 27.5 Å². The second-order valence-corrected chi connectivity index (χ2v) is 3.99. The number of benzene rings is 1. The number of hydrogen-bond acceptors (Lipinski definition) is 1. The van der Waals surface area contributed by atoms with Crippen molar-refractivity contribution in [2.24, 2.45) is 0 Å². The van der Waals surface area contributed by atoms with Gasteiger partial charge >= 0.3 is 0 Å². The van der Waals surface area contributed by atoms with Crippen LogP contribution < -0.4 is 4.73 Å². The van der Waals surface area contributed by atoms with E-state index in [9.17, 15) is 5.21 Å². The molecular formula is C9H5BrClNO. The van der Waals surface area contributed by atoms with Crippen LogP contribution in [-0.2, 0) is 0 Å². The van der Waals surface area contributed by atoms with Gasteiger partial charge in [-0.05, 0) is 28.1 Å². The Bertz CT molecular complexity index is 467. The van der Waals surface area contributed by atoms with Gasteiger partial charge in [-0.3, -0.25) is 0 Å². The summed E-state index contributed by atoms with van der Waals surface area (Å²) in [6.07, 6.45) is 2.96. The summed E-state index contributed by atoms with van der Waals surface area (Å²) in [5, 5.41) is 13.5. The molecule has 1 heterocycles. The molecule has 66 valence electrons. The first kappa shape index (κ1) is 8.78. The molecular weight excluding hydrogens is 253 g/mol. The molecule has 0 unspecified atom stereocenters. The molecule has 1 aromatic carbocycles. The lowest BCUT2D eigenvalue weighted by atomic mass is 10.2. The van der Waals surface area contributed by atoms with Gasteiger partial charge in [-0.1, -0.05) is 17.7 Å². The summed E-state index contributed by atoms with van der Waals surface area (Å²) in [6, 6.07) is 5.43. The van der Waals surface area contributed by atoms with Crippen molar-refractivity contribution in [3.8, 4) is 0 Å². The van der Waals surface area contributed by atoms with Gasteiger partial charge in [-0.15, -0.1) is 0 Å². The molecule has 0 N–H and O–H groups in total. The van der Waals surface area contributed by atoms with Crippen LogP contribution in [0, 0.1) is 5.21 Å². The van der Waals surface area contributed by atoms with Gasteiger partial charge in [0, 0.05) is 15.8 Å². The van der Waals surface area contributed by atoms with E-state index in [1.54, 1.807) is 12.1 Å². The van der Waals surface area contributed by atoms with Gasteiger partial charge in [0.15, 0.2) is 12.4 Å². The Kier molecular flexibility index (Phi) is 2.14. The highest BCUT2D eigenvalue weighted by atomic mass is 79.9. The van der Waals surface area contributed by atoms with Gasteiger partial charge in [-0.25, -0.2) is 0 Å². The summed E-state index contributed by atoms with van der Waals surface area (Å²) in [6.45, 7) is 0. The minimum absolute atomic E-state index is 0.630. The van der Waals surface area contributed by atoms with E-state index in [-0.39, 0.29) is 0 Å². The largest absolute Gasteiger partial charge is 0.619 e. The molecule has 0 aliphatic carbocycles. The van der Waals surface area contributed by atoms with Crippen molar-refractivity contribution in [3.63, 3.8) is 0 Å². The van der Waals surface area contributed by atoms with Crippen LogP contribution in [0.1, 0.15) is 0 Å². The molecule has 1 aromatic heterocycles. The predicted molar refractivity (Wildman–Crippen MR) is 55.6 cm³/mol. The summed E-state index contributed by atoms with van der Waals surface area (Å²) in [7, 11) is 0. The predicted octanol–water partition coefficient (Wildman–Crippen LogP) is 2.89. The zero-order valence-corrected chi connectivity index (χ0v) is 8.84. The highest BCUT2D eigenvalue weighted by molar-refractivity contribution is 9.10. The average Bonchev–Trinajstić information content (AvgIpc) is 2.02. The quantitative estimate of drug-likeness (QED) is 0.527. The lowest BCUT2D eigenvalue weighted by Crippen LogP contribution is -2.24. The Hall–Kier alpha value is -0.800. The number of rotatable bonds is 0. The smallest absolute Gasteiger partial charge is 0.195 e. The van der Waals surface area contributed by atoms with Crippen molar-refractivity contribution < 1.29 is 4.73 Å². The first-order chi connectivity index (χ1) is 6.16. The molecule has 0 fully saturated rings. The first-order valence-corrected chi connectivity index (χ1v) is 4.81. The number of hydrogen-bond donors (Lipinski definition) is 0. The Morgan fingerprint density at radius 1 is 1.31 bits per heavy atom. The zero-order valence-electron chi connectivity index (χ0n) is 6.50. The van der Waals surface area contributed by atoms with Crippen molar-refractivity contribution in [2.75, 3.05) is 0 Å². The summed E-state index contributed by atoms with van der Waals surface area (Å²) in [5.41, 5.74) is 0. The fraction of sp³-hybridized carbons (Fsp3) is 0. The van der Waals surface area contributed by atoms with Crippen LogP contribution in [0.25, 0.3) is 10.8 Å². The minimum Gasteiger partial charge on any atom is -0.619 e. The Morgan fingerprint density at radius 3 is 2.85 bits per heavy atom. The normalized spacial score (nSPS) is 10.6. The van der Waals surface area contributed by atoms with Gasteiger partial charge in [0.2, 0.25) is 0 Å². The van der Waals surface area contributed by atoms with E-state index in [0.29, 0.717) is 5.02 Å². The number of nitrogens with zero attached hydrogens (tertiary/aromatic N) is 1. The molecule has 0 amide bonds. The van der Waals surface area contributed by atoms with Crippen LogP contribution in [-0.4, -0.2) is 0 Å². The molecule has 2 aromatic rings. The van der Waals surface area contributed by atoms with Crippen molar-refractivity contribution in [1.29, 1.82) is 0 Å². The van der Waals surface area contributed by atoms with E-state index in [2.05, 4.69) is 15.9 Å². The van der Waals surface area contributed by atoms with Crippen LogP contribution in [0.5, 0.6) is 0 Å². The van der Waals surface area contributed by atoms with Gasteiger partial charge < -0.3 is 5.21 Å². The maximum atomic E-state index is 11.1. The maximum Gasteiger partial charge on any atom is 0.195 e. The van der Waals surface area contributed by atoms with E-state index < -0.39 is 0 Å². The van der Waals surface area contributed by atoms with Gasteiger partial charge in [0.1, 0.15) is 0 Å². The van der Waals surface area contributed by atoms with E-state index in [1.807, 2.05) is 6.07 Å². The Labute approximate surface area is 88.5 Å². The fourth-order valence-corrected chi connectivity index (χ4v) is 1.96. The highest BCUT2D eigenvalue weighted by Gasteiger charge is 2.04. The van der Waals surface area contributed by atoms with Crippen molar-refractivity contribution >= 4 is 38.3 Å². The molecule has 0 atom stereocenters. The third-order valence-electron chi connectivity index (χ3n) is 1.78. The minimum atomic E-state index is 0.630. The second kappa shape index (κ2) is 3.16. The summed E-state index contributed by atoms with van der Waals surface area (Å²) < 4.78 is 1.53. The molecule has 4 heteroatoms. The molecule has 2 nitrogen and oxygen atoms in total. The lowest BCUT2D eigenvalue weighted by molar-refractivity contribution is -0.604. The Balaban J connectivity index is 2.86. The topological polar surface area (TPSA) is 26.9 Å². The van der Waals surface area contributed by atoms with Gasteiger partial charge in [0.25, 0.3) is 0 Å². The van der Waals surface area contributed by atoms with E-state index in [4.69, 9.17) is 11.6 Å². The molecule has 0 spiro atoms. The molecule has 0 aliphatic rings. The van der Waals surface area contributed by atoms with Crippen molar-refractivity contribution in [3.05, 3.63) is 45.3 Å². The molecule has 13 heavy (non-hydrogen) atoms. The lowest BCUT2D eigenvalue weighted by Gasteiger charge is -2.01. The number of aromatic nitrogens is 1. The Morgan fingerprint density at radius 2 is 2.08 bits per heavy atom. The van der Waals surface area contributed by atoms with E-state index in [1.165, 1.54) is 12.4 Å². The second-order valence-electron chi connectivity index (χ2n) is 2.70. The highest BCUT2D eigenvalue weighted by Crippen LogP contribution is 2.24. The SMILES string of the molecule is [O-][n+]1cc(Br)c2ccc(Cl)cc2c1. The monoisotopic (exact) mass is 257 g/mol. The third-order valence-corrected chi connectivity index (χ3v) is 2.64. The average molecular weight is 259 g/mol. The molecule has 2 rings (SSSR count). The molecule has 0 saturated heterocycles. The van der Waals surface area contributed by atoms with Crippen LogP contribution in [0.2, 0.25) is 5.02 Å². The maximum absolute atomic E-state index is 11.1. The van der Waals surface area contributed by atoms with E-state index in [0.717, 1.165) is 20.0 Å². The summed E-state index contributed by atoms with van der Waals surface area (Å²) >= 11 is 9.11. The molecule has 0 aliphatic heterocycles. The number of fused-ring (bicyclic) bond motifs is 1. The molecule has 0 saturated carbocycles. The molecule has 0 radical (unpaired) electrons.